The van der Waals surface area contributed by atoms with E-state index >= 15 is 0 Å². The molecule has 3 N–H and O–H groups in total. The van der Waals surface area contributed by atoms with Gasteiger partial charge in [-0.2, -0.15) is 0 Å². The van der Waals surface area contributed by atoms with E-state index in [0.717, 1.165) is 15.8 Å². The van der Waals surface area contributed by atoms with Crippen molar-refractivity contribution in [2.45, 2.75) is 20.3 Å². The average Bonchev–Trinajstić information content (AvgIpc) is 2.68. The van der Waals surface area contributed by atoms with Crippen LogP contribution in [-0.4, -0.2) is 34.9 Å². The number of carbonyl (C=O) groups excluding carboxylic acids is 1. The molecule has 1 aromatic rings. The van der Waals surface area contributed by atoms with Crippen LogP contribution in [0.15, 0.2) is 15.0 Å². The lowest BCUT2D eigenvalue weighted by atomic mass is 10.3. The van der Waals surface area contributed by atoms with Crippen molar-refractivity contribution in [3.05, 3.63) is 20.3 Å². The maximum absolute atomic E-state index is 12.3. The van der Waals surface area contributed by atoms with Gasteiger partial charge in [0.05, 0.1) is 15.2 Å². The van der Waals surface area contributed by atoms with E-state index in [1.54, 1.807) is 4.90 Å². The van der Waals surface area contributed by atoms with E-state index in [1.165, 1.54) is 11.3 Å². The first-order valence-electron chi connectivity index (χ1n) is 5.51. The molecular weight excluding hydrogens is 318 g/mol. The van der Waals surface area contributed by atoms with Crippen LogP contribution in [0.3, 0.4) is 0 Å². The third kappa shape index (κ3) is 3.71. The van der Waals surface area contributed by atoms with Crippen molar-refractivity contribution in [2.24, 2.45) is 10.9 Å². The molecule has 1 rings (SSSR count). The minimum atomic E-state index is -0.0951. The smallest absolute Gasteiger partial charge is 0.264 e. The molecule has 0 saturated heterocycles. The Kier molecular flexibility index (Phi) is 5.61. The van der Waals surface area contributed by atoms with Crippen molar-refractivity contribution >= 4 is 39.0 Å². The topological polar surface area (TPSA) is 78.9 Å². The molecule has 7 heteroatoms. The Hall–Kier alpha value is -1.08. The van der Waals surface area contributed by atoms with E-state index in [9.17, 15) is 4.79 Å². The summed E-state index contributed by atoms with van der Waals surface area (Å²) in [6, 6.07) is 1.84. The number of oxime groups is 1. The van der Waals surface area contributed by atoms with Gasteiger partial charge < -0.3 is 15.8 Å². The number of carbonyl (C=O) groups is 1. The van der Waals surface area contributed by atoms with Gasteiger partial charge >= 0.3 is 0 Å². The van der Waals surface area contributed by atoms with Gasteiger partial charge in [0.25, 0.3) is 5.91 Å². The Morgan fingerprint density at radius 1 is 1.67 bits per heavy atom. The van der Waals surface area contributed by atoms with Crippen LogP contribution < -0.4 is 5.73 Å². The third-order valence-corrected chi connectivity index (χ3v) is 4.45. The molecule has 18 heavy (non-hydrogen) atoms. The second-order valence-electron chi connectivity index (χ2n) is 3.89. The van der Waals surface area contributed by atoms with Crippen molar-refractivity contribution in [3.63, 3.8) is 0 Å². The molecule has 0 saturated carbocycles. The van der Waals surface area contributed by atoms with E-state index in [0.29, 0.717) is 11.4 Å². The Balaban J connectivity index is 2.88. The fourth-order valence-corrected chi connectivity index (χ4v) is 2.97. The number of nitrogens with two attached hydrogens (primary N) is 1. The summed E-state index contributed by atoms with van der Waals surface area (Å²) in [6.45, 7) is 4.62. The Labute approximate surface area is 118 Å². The standard InChI is InChI=1S/C11H16BrN3O2S/c1-3-4-15(6-9(13)14-17)11(16)8-5-7(2)10(12)18-8/h5,17H,3-4,6H2,1-2H3,(H2,13,14). The summed E-state index contributed by atoms with van der Waals surface area (Å²) in [6.07, 6.45) is 0.815. The van der Waals surface area contributed by atoms with E-state index in [4.69, 9.17) is 10.9 Å². The number of thiophene rings is 1. The van der Waals surface area contributed by atoms with Crippen LogP contribution in [0, 0.1) is 6.92 Å². The van der Waals surface area contributed by atoms with Crippen LogP contribution in [0.1, 0.15) is 28.6 Å². The van der Waals surface area contributed by atoms with Gasteiger partial charge in [0, 0.05) is 6.54 Å². The first-order chi connectivity index (χ1) is 8.49. The molecule has 5 nitrogen and oxygen atoms in total. The van der Waals surface area contributed by atoms with Gasteiger partial charge in [-0.3, -0.25) is 4.79 Å². The molecule has 0 aliphatic carbocycles. The van der Waals surface area contributed by atoms with Gasteiger partial charge in [0.15, 0.2) is 5.84 Å². The van der Waals surface area contributed by atoms with Crippen LogP contribution in [0.25, 0.3) is 0 Å². The number of amidine groups is 1. The van der Waals surface area contributed by atoms with Gasteiger partial charge in [0.1, 0.15) is 0 Å². The number of hydrogen-bond donors (Lipinski definition) is 2. The summed E-state index contributed by atoms with van der Waals surface area (Å²) < 4.78 is 0.950. The summed E-state index contributed by atoms with van der Waals surface area (Å²) in [5, 5.41) is 11.5. The molecule has 0 spiro atoms. The van der Waals surface area contributed by atoms with Crippen LogP contribution in [-0.2, 0) is 0 Å². The van der Waals surface area contributed by atoms with Crippen LogP contribution >= 0.6 is 27.3 Å². The second kappa shape index (κ2) is 6.75. The number of hydrogen-bond acceptors (Lipinski definition) is 4. The summed E-state index contributed by atoms with van der Waals surface area (Å²) in [4.78, 5) is 14.5. The first kappa shape index (κ1) is 15.0. The SMILES string of the molecule is CCCN(CC(N)=NO)C(=O)c1cc(C)c(Br)s1. The Morgan fingerprint density at radius 2 is 2.33 bits per heavy atom. The zero-order valence-electron chi connectivity index (χ0n) is 10.3. The number of amides is 1. The quantitative estimate of drug-likeness (QED) is 0.376. The van der Waals surface area contributed by atoms with E-state index in [2.05, 4.69) is 21.1 Å². The number of aryl methyl sites for hydroxylation is 1. The number of nitrogens with zero attached hydrogens (tertiary/aromatic N) is 2. The predicted octanol–water partition coefficient (Wildman–Crippen LogP) is 2.42. The molecule has 0 bridgehead atoms. The summed E-state index contributed by atoms with van der Waals surface area (Å²) >= 11 is 4.79. The number of halogens is 1. The fraction of sp³-hybridized carbons (Fsp3) is 0.455. The normalized spacial score (nSPS) is 11.6. The molecular formula is C11H16BrN3O2S. The van der Waals surface area contributed by atoms with E-state index < -0.39 is 0 Å². The molecule has 0 aromatic carbocycles. The molecule has 0 fully saturated rings. The molecule has 0 aliphatic rings. The molecule has 1 amide bonds. The van der Waals surface area contributed by atoms with Crippen molar-refractivity contribution in [3.8, 4) is 0 Å². The molecule has 1 heterocycles. The molecule has 1 aromatic heterocycles. The van der Waals surface area contributed by atoms with Gasteiger partial charge in [-0.1, -0.05) is 12.1 Å². The van der Waals surface area contributed by atoms with Gasteiger partial charge in [-0.25, -0.2) is 0 Å². The molecule has 100 valence electrons. The van der Waals surface area contributed by atoms with Crippen molar-refractivity contribution in [2.75, 3.05) is 13.1 Å². The first-order valence-corrected chi connectivity index (χ1v) is 7.12. The average molecular weight is 334 g/mol. The molecule has 0 radical (unpaired) electrons. The predicted molar refractivity (Wildman–Crippen MR) is 76.4 cm³/mol. The summed E-state index contributed by atoms with van der Waals surface area (Å²) in [7, 11) is 0. The largest absolute Gasteiger partial charge is 0.409 e. The lowest BCUT2D eigenvalue weighted by Crippen LogP contribution is -2.38. The van der Waals surface area contributed by atoms with Crippen molar-refractivity contribution in [1.82, 2.24) is 4.90 Å². The maximum Gasteiger partial charge on any atom is 0.264 e. The molecule has 0 unspecified atom stereocenters. The van der Waals surface area contributed by atoms with E-state index in [-0.39, 0.29) is 18.3 Å². The highest BCUT2D eigenvalue weighted by Gasteiger charge is 2.19. The Bertz CT molecular complexity index is 440. The van der Waals surface area contributed by atoms with Crippen LogP contribution in [0.2, 0.25) is 0 Å². The molecule has 0 aliphatic heterocycles. The maximum atomic E-state index is 12.3. The third-order valence-electron chi connectivity index (χ3n) is 2.33. The minimum Gasteiger partial charge on any atom is -0.409 e. The zero-order chi connectivity index (χ0) is 13.7. The monoisotopic (exact) mass is 333 g/mol. The highest BCUT2D eigenvalue weighted by atomic mass is 79.9. The lowest BCUT2D eigenvalue weighted by Gasteiger charge is -2.20. The van der Waals surface area contributed by atoms with Crippen LogP contribution in [0.5, 0.6) is 0 Å². The van der Waals surface area contributed by atoms with Crippen LogP contribution in [0.4, 0.5) is 0 Å². The van der Waals surface area contributed by atoms with Crippen molar-refractivity contribution in [1.29, 1.82) is 0 Å². The Morgan fingerprint density at radius 3 is 2.78 bits per heavy atom. The highest BCUT2D eigenvalue weighted by Crippen LogP contribution is 2.28. The zero-order valence-corrected chi connectivity index (χ0v) is 12.7. The van der Waals surface area contributed by atoms with Crippen molar-refractivity contribution < 1.29 is 10.0 Å². The van der Waals surface area contributed by atoms with Gasteiger partial charge in [0.2, 0.25) is 0 Å². The fourth-order valence-electron chi connectivity index (χ4n) is 1.47. The second-order valence-corrected chi connectivity index (χ2v) is 6.26. The molecule has 0 atom stereocenters. The number of rotatable bonds is 5. The lowest BCUT2D eigenvalue weighted by molar-refractivity contribution is 0.0783. The van der Waals surface area contributed by atoms with Gasteiger partial charge in [-0.15, -0.1) is 11.3 Å². The minimum absolute atomic E-state index is 0.0316. The van der Waals surface area contributed by atoms with Gasteiger partial charge in [-0.05, 0) is 40.9 Å². The summed E-state index contributed by atoms with van der Waals surface area (Å²) in [5.41, 5.74) is 6.49. The summed E-state index contributed by atoms with van der Waals surface area (Å²) in [5.74, 6) is -0.0635. The van der Waals surface area contributed by atoms with E-state index in [1.807, 2.05) is 19.9 Å². The highest BCUT2D eigenvalue weighted by molar-refractivity contribution is 9.11.